The van der Waals surface area contributed by atoms with E-state index in [9.17, 15) is 0 Å². The third kappa shape index (κ3) is 2.65. The van der Waals surface area contributed by atoms with E-state index in [4.69, 9.17) is 14.2 Å². The summed E-state index contributed by atoms with van der Waals surface area (Å²) >= 11 is 0. The first-order chi connectivity index (χ1) is 10.4. The Morgan fingerprint density at radius 3 is 2.62 bits per heavy atom. The first-order valence-corrected chi connectivity index (χ1v) is 7.18. The van der Waals surface area contributed by atoms with Gasteiger partial charge in [0.05, 0.1) is 0 Å². The van der Waals surface area contributed by atoms with Crippen LogP contribution in [-0.4, -0.2) is 19.0 Å². The summed E-state index contributed by atoms with van der Waals surface area (Å²) in [5.41, 5.74) is 2.44. The Bertz CT molecular complexity index is 649. The average Bonchev–Trinajstić information content (AvgIpc) is 3.31. The molecule has 0 aromatic heterocycles. The minimum atomic E-state index is 0.0601. The summed E-state index contributed by atoms with van der Waals surface area (Å²) in [4.78, 5) is 0. The largest absolute Gasteiger partial charge is 0.489 e. The molecule has 21 heavy (non-hydrogen) atoms. The van der Waals surface area contributed by atoms with Gasteiger partial charge >= 0.3 is 0 Å². The number of ether oxygens (including phenoxy) is 3. The molecule has 3 heteroatoms. The van der Waals surface area contributed by atoms with E-state index in [0.717, 1.165) is 17.9 Å². The Hall–Kier alpha value is -2.26. The minimum absolute atomic E-state index is 0.0601. The third-order valence-electron chi connectivity index (χ3n) is 3.72. The van der Waals surface area contributed by atoms with Crippen LogP contribution in [0.1, 0.15) is 11.1 Å². The van der Waals surface area contributed by atoms with Crippen LogP contribution in [0.15, 0.2) is 54.6 Å². The van der Waals surface area contributed by atoms with Crippen molar-refractivity contribution in [1.82, 2.24) is 0 Å². The number of epoxide rings is 1. The third-order valence-corrected chi connectivity index (χ3v) is 3.72. The molecule has 2 aromatic carbocycles. The van der Waals surface area contributed by atoms with Crippen molar-refractivity contribution in [3.63, 3.8) is 0 Å². The Morgan fingerprint density at radius 2 is 1.71 bits per heavy atom. The molecular weight excluding hydrogens is 264 g/mol. The molecule has 2 unspecified atom stereocenters. The van der Waals surface area contributed by atoms with Crippen molar-refractivity contribution in [2.75, 3.05) is 6.61 Å². The van der Waals surface area contributed by atoms with Gasteiger partial charge in [0.25, 0.3) is 0 Å². The lowest BCUT2D eigenvalue weighted by Gasteiger charge is -2.11. The molecule has 0 N–H and O–H groups in total. The number of rotatable bonds is 0. The van der Waals surface area contributed by atoms with E-state index in [1.807, 2.05) is 48.5 Å². The monoisotopic (exact) mass is 280 g/mol. The molecule has 106 valence electrons. The van der Waals surface area contributed by atoms with Gasteiger partial charge in [-0.1, -0.05) is 42.5 Å². The van der Waals surface area contributed by atoms with Gasteiger partial charge in [-0.15, -0.1) is 0 Å². The SMILES string of the molecule is C1=Cc2ccccc2OC1.c1ccc2c(c1)CC1OC1O2. The van der Waals surface area contributed by atoms with Crippen molar-refractivity contribution in [3.05, 3.63) is 65.7 Å². The second-order valence-electron chi connectivity index (χ2n) is 5.22. The highest BCUT2D eigenvalue weighted by Crippen LogP contribution is 2.37. The van der Waals surface area contributed by atoms with Crippen molar-refractivity contribution < 1.29 is 14.2 Å². The molecule has 0 spiro atoms. The van der Waals surface area contributed by atoms with E-state index in [2.05, 4.69) is 12.1 Å². The maximum absolute atomic E-state index is 5.48. The van der Waals surface area contributed by atoms with Crippen LogP contribution < -0.4 is 9.47 Å². The molecule has 1 fully saturated rings. The summed E-state index contributed by atoms with van der Waals surface area (Å²) < 4.78 is 16.1. The molecule has 3 aliphatic rings. The lowest BCUT2D eigenvalue weighted by molar-refractivity contribution is 0.179. The van der Waals surface area contributed by atoms with Crippen LogP contribution >= 0.6 is 0 Å². The van der Waals surface area contributed by atoms with E-state index in [1.165, 1.54) is 11.1 Å². The standard InChI is InChI=1S/C9H8O2.C9H8O/c1-2-4-7-6(3-1)5-8-9(10-7)11-8;1-2-6-9-8(4-1)5-3-7-10-9/h1-4,8-9H,5H2;1-6H,7H2. The number of para-hydroxylation sites is 2. The van der Waals surface area contributed by atoms with Gasteiger partial charge in [-0.05, 0) is 23.8 Å². The predicted molar refractivity (Wildman–Crippen MR) is 80.4 cm³/mol. The molecule has 3 nitrogen and oxygen atoms in total. The molecule has 0 aliphatic carbocycles. The summed E-state index contributed by atoms with van der Waals surface area (Å²) in [5.74, 6) is 1.98. The first-order valence-electron chi connectivity index (χ1n) is 7.18. The van der Waals surface area contributed by atoms with Gasteiger partial charge in [-0.2, -0.15) is 0 Å². The predicted octanol–water partition coefficient (Wildman–Crippen LogP) is 3.44. The topological polar surface area (TPSA) is 31.0 Å². The molecule has 3 aliphatic heterocycles. The molecule has 0 amide bonds. The van der Waals surface area contributed by atoms with Gasteiger partial charge in [0.15, 0.2) is 0 Å². The van der Waals surface area contributed by atoms with Gasteiger partial charge in [0.1, 0.15) is 24.2 Å². The van der Waals surface area contributed by atoms with E-state index in [1.54, 1.807) is 0 Å². The van der Waals surface area contributed by atoms with Gasteiger partial charge in [0.2, 0.25) is 6.29 Å². The van der Waals surface area contributed by atoms with Crippen molar-refractivity contribution in [1.29, 1.82) is 0 Å². The Balaban J connectivity index is 0.000000110. The summed E-state index contributed by atoms with van der Waals surface area (Å²) in [5, 5.41) is 0. The fraction of sp³-hybridized carbons (Fsp3) is 0.222. The maximum Gasteiger partial charge on any atom is 0.227 e. The molecular formula is C18H16O3. The first kappa shape index (κ1) is 12.5. The zero-order chi connectivity index (χ0) is 14.1. The average molecular weight is 280 g/mol. The molecule has 3 heterocycles. The van der Waals surface area contributed by atoms with E-state index < -0.39 is 0 Å². The molecule has 1 saturated heterocycles. The highest BCUT2D eigenvalue weighted by Gasteiger charge is 2.45. The number of benzene rings is 2. The van der Waals surface area contributed by atoms with Crippen LogP contribution in [0.2, 0.25) is 0 Å². The maximum atomic E-state index is 5.48. The smallest absolute Gasteiger partial charge is 0.227 e. The van der Waals surface area contributed by atoms with E-state index >= 15 is 0 Å². The Morgan fingerprint density at radius 1 is 0.905 bits per heavy atom. The zero-order valence-corrected chi connectivity index (χ0v) is 11.6. The van der Waals surface area contributed by atoms with Crippen molar-refractivity contribution in [2.45, 2.75) is 18.8 Å². The van der Waals surface area contributed by atoms with Crippen molar-refractivity contribution >= 4 is 6.08 Å². The van der Waals surface area contributed by atoms with Crippen LogP contribution in [0, 0.1) is 0 Å². The number of hydrogen-bond acceptors (Lipinski definition) is 3. The van der Waals surface area contributed by atoms with Crippen LogP contribution in [0.5, 0.6) is 11.5 Å². The fourth-order valence-corrected chi connectivity index (χ4v) is 2.57. The summed E-state index contributed by atoms with van der Waals surface area (Å²) in [6, 6.07) is 16.1. The normalized spacial score (nSPS) is 23.2. The van der Waals surface area contributed by atoms with Crippen LogP contribution in [-0.2, 0) is 11.2 Å². The second-order valence-corrected chi connectivity index (χ2v) is 5.22. The lowest BCUT2D eigenvalue weighted by atomic mass is 10.1. The highest BCUT2D eigenvalue weighted by molar-refractivity contribution is 5.58. The van der Waals surface area contributed by atoms with Crippen molar-refractivity contribution in [3.8, 4) is 11.5 Å². The molecule has 0 bridgehead atoms. The lowest BCUT2D eigenvalue weighted by Crippen LogP contribution is -2.12. The number of hydrogen-bond donors (Lipinski definition) is 0. The number of fused-ring (bicyclic) bond motifs is 3. The van der Waals surface area contributed by atoms with E-state index in [0.29, 0.717) is 12.7 Å². The molecule has 5 rings (SSSR count). The summed E-state index contributed by atoms with van der Waals surface area (Å²) in [6.45, 7) is 0.705. The van der Waals surface area contributed by atoms with Crippen LogP contribution in [0.4, 0.5) is 0 Å². The van der Waals surface area contributed by atoms with Gasteiger partial charge in [0, 0.05) is 12.0 Å². The fourth-order valence-electron chi connectivity index (χ4n) is 2.57. The quantitative estimate of drug-likeness (QED) is 0.693. The Labute approximate surface area is 123 Å². The minimum Gasteiger partial charge on any atom is -0.489 e. The van der Waals surface area contributed by atoms with Gasteiger partial charge in [-0.3, -0.25) is 0 Å². The summed E-state index contributed by atoms with van der Waals surface area (Å²) in [7, 11) is 0. The molecule has 0 saturated carbocycles. The van der Waals surface area contributed by atoms with Crippen LogP contribution in [0.25, 0.3) is 6.08 Å². The zero-order valence-electron chi connectivity index (χ0n) is 11.6. The highest BCUT2D eigenvalue weighted by atomic mass is 16.8. The van der Waals surface area contributed by atoms with Gasteiger partial charge in [-0.25, -0.2) is 0 Å². The summed E-state index contributed by atoms with van der Waals surface area (Å²) in [6.07, 6.45) is 5.51. The molecule has 2 atom stereocenters. The van der Waals surface area contributed by atoms with E-state index in [-0.39, 0.29) is 6.29 Å². The van der Waals surface area contributed by atoms with Crippen LogP contribution in [0.3, 0.4) is 0 Å². The molecule has 2 aromatic rings. The second kappa shape index (κ2) is 5.26. The Kier molecular flexibility index (Phi) is 3.13. The van der Waals surface area contributed by atoms with Crippen molar-refractivity contribution in [2.24, 2.45) is 0 Å². The molecule has 0 radical (unpaired) electrons. The van der Waals surface area contributed by atoms with Gasteiger partial charge < -0.3 is 14.2 Å².